The molecule has 0 unspecified atom stereocenters. The van der Waals surface area contributed by atoms with Crippen LogP contribution in [0.1, 0.15) is 0 Å². The molecule has 116 valence electrons. The molecule has 0 aliphatic rings. The highest BCUT2D eigenvalue weighted by atomic mass is 32.2. The average molecular weight is 327 g/mol. The number of nitrogens with one attached hydrogen (secondary N) is 1. The highest BCUT2D eigenvalue weighted by Crippen LogP contribution is 2.29. The first-order chi connectivity index (χ1) is 10.9. The second kappa shape index (κ2) is 4.64. The highest BCUT2D eigenvalue weighted by Gasteiger charge is 2.13. The van der Waals surface area contributed by atoms with E-state index in [4.69, 9.17) is 5.14 Å². The van der Waals surface area contributed by atoms with Crippen LogP contribution in [-0.4, -0.2) is 28.2 Å². The molecule has 0 bridgehead atoms. The normalized spacial score (nSPS) is 12.3. The highest BCUT2D eigenvalue weighted by molar-refractivity contribution is 7.89. The van der Waals surface area contributed by atoms with Gasteiger partial charge in [0.1, 0.15) is 5.65 Å². The molecule has 0 radical (unpaired) electrons. The zero-order valence-electron chi connectivity index (χ0n) is 12.2. The van der Waals surface area contributed by atoms with E-state index in [1.165, 1.54) is 6.07 Å². The summed E-state index contributed by atoms with van der Waals surface area (Å²) in [4.78, 5) is 7.68. The van der Waals surface area contributed by atoms with Crippen LogP contribution in [0.4, 0.5) is 0 Å². The first-order valence-corrected chi connectivity index (χ1v) is 8.41. The first kappa shape index (κ1) is 13.9. The molecule has 1 aromatic carbocycles. The number of H-pyrrole nitrogens is 1. The maximum Gasteiger partial charge on any atom is 0.238 e. The summed E-state index contributed by atoms with van der Waals surface area (Å²) in [6, 6.07) is 8.43. The fourth-order valence-electron chi connectivity index (χ4n) is 2.74. The SMILES string of the molecule is Cn1ncc2cnc3[nH]c(-c4cccc(S(N)(=O)=O)c4)cc3c21. The van der Waals surface area contributed by atoms with Crippen molar-refractivity contribution in [2.75, 3.05) is 0 Å². The Morgan fingerprint density at radius 2 is 2.04 bits per heavy atom. The monoisotopic (exact) mass is 327 g/mol. The number of aryl methyl sites for hydroxylation is 1. The quantitative estimate of drug-likeness (QED) is 0.585. The average Bonchev–Trinajstić information content (AvgIpc) is 3.10. The van der Waals surface area contributed by atoms with Crippen molar-refractivity contribution in [3.63, 3.8) is 0 Å². The van der Waals surface area contributed by atoms with E-state index >= 15 is 0 Å². The number of aromatic amines is 1. The van der Waals surface area contributed by atoms with Crippen molar-refractivity contribution in [1.29, 1.82) is 0 Å². The third kappa shape index (κ3) is 2.19. The van der Waals surface area contributed by atoms with Gasteiger partial charge in [-0.1, -0.05) is 12.1 Å². The van der Waals surface area contributed by atoms with E-state index in [9.17, 15) is 8.42 Å². The predicted octanol–water partition coefficient (Wildman–Crippen LogP) is 1.76. The van der Waals surface area contributed by atoms with Crippen molar-refractivity contribution in [2.45, 2.75) is 4.90 Å². The smallest absolute Gasteiger partial charge is 0.238 e. The minimum absolute atomic E-state index is 0.0762. The lowest BCUT2D eigenvalue weighted by molar-refractivity contribution is 0.598. The third-order valence-electron chi connectivity index (χ3n) is 3.83. The number of aromatic nitrogens is 4. The molecule has 7 nitrogen and oxygen atoms in total. The number of rotatable bonds is 2. The number of benzene rings is 1. The van der Waals surface area contributed by atoms with Crippen LogP contribution in [0.5, 0.6) is 0 Å². The molecule has 8 heteroatoms. The molecule has 3 heterocycles. The number of hydrogen-bond acceptors (Lipinski definition) is 4. The Bertz CT molecular complexity index is 1160. The summed E-state index contributed by atoms with van der Waals surface area (Å²) >= 11 is 0. The van der Waals surface area contributed by atoms with Crippen molar-refractivity contribution < 1.29 is 8.42 Å². The number of fused-ring (bicyclic) bond motifs is 3. The third-order valence-corrected chi connectivity index (χ3v) is 4.74. The van der Waals surface area contributed by atoms with Gasteiger partial charge in [-0.15, -0.1) is 0 Å². The van der Waals surface area contributed by atoms with Crippen LogP contribution in [0.3, 0.4) is 0 Å². The Hall–Kier alpha value is -2.71. The number of nitrogens with zero attached hydrogens (tertiary/aromatic N) is 3. The van der Waals surface area contributed by atoms with E-state index < -0.39 is 10.0 Å². The summed E-state index contributed by atoms with van der Waals surface area (Å²) in [5.41, 5.74) is 3.19. The second-order valence-corrected chi connectivity index (χ2v) is 6.91. The zero-order valence-corrected chi connectivity index (χ0v) is 13.0. The molecule has 0 aliphatic carbocycles. The maximum absolute atomic E-state index is 11.5. The minimum atomic E-state index is -3.74. The van der Waals surface area contributed by atoms with Crippen LogP contribution in [0.15, 0.2) is 47.6 Å². The first-order valence-electron chi connectivity index (χ1n) is 6.86. The summed E-state index contributed by atoms with van der Waals surface area (Å²) in [7, 11) is -1.87. The minimum Gasteiger partial charge on any atom is -0.339 e. The van der Waals surface area contributed by atoms with Gasteiger partial charge in [0.25, 0.3) is 0 Å². The Morgan fingerprint density at radius 1 is 1.22 bits per heavy atom. The molecule has 0 saturated carbocycles. The number of sulfonamides is 1. The summed E-state index contributed by atoms with van der Waals surface area (Å²) < 4.78 is 24.8. The second-order valence-electron chi connectivity index (χ2n) is 5.35. The van der Waals surface area contributed by atoms with Gasteiger partial charge in [0.2, 0.25) is 10.0 Å². The molecule has 0 atom stereocenters. The molecular formula is C15H13N5O2S. The van der Waals surface area contributed by atoms with Crippen molar-refractivity contribution in [1.82, 2.24) is 19.7 Å². The molecule has 4 rings (SSSR count). The van der Waals surface area contributed by atoms with E-state index in [1.54, 1.807) is 29.2 Å². The van der Waals surface area contributed by atoms with Crippen molar-refractivity contribution >= 4 is 32.0 Å². The van der Waals surface area contributed by atoms with Crippen LogP contribution >= 0.6 is 0 Å². The molecule has 0 amide bonds. The molecule has 0 aliphatic heterocycles. The summed E-state index contributed by atoms with van der Waals surface area (Å²) in [5.74, 6) is 0. The Labute approximate surface area is 131 Å². The molecule has 23 heavy (non-hydrogen) atoms. The van der Waals surface area contributed by atoms with Crippen LogP contribution in [0.2, 0.25) is 0 Å². The van der Waals surface area contributed by atoms with Crippen LogP contribution in [0, 0.1) is 0 Å². The number of primary sulfonamides is 1. The lowest BCUT2D eigenvalue weighted by Crippen LogP contribution is -2.11. The largest absolute Gasteiger partial charge is 0.339 e. The molecule has 3 N–H and O–H groups in total. The zero-order chi connectivity index (χ0) is 16.2. The Kier molecular flexibility index (Phi) is 2.81. The van der Waals surface area contributed by atoms with E-state index in [1.807, 2.05) is 19.2 Å². The molecule has 4 aromatic rings. The van der Waals surface area contributed by atoms with E-state index in [0.717, 1.165) is 33.2 Å². The summed E-state index contributed by atoms with van der Waals surface area (Å²) in [6.45, 7) is 0. The summed E-state index contributed by atoms with van der Waals surface area (Å²) in [6.07, 6.45) is 3.52. The van der Waals surface area contributed by atoms with Crippen LogP contribution < -0.4 is 5.14 Å². The molecular weight excluding hydrogens is 314 g/mol. The molecule has 0 saturated heterocycles. The van der Waals surface area contributed by atoms with E-state index in [-0.39, 0.29) is 4.90 Å². The van der Waals surface area contributed by atoms with Gasteiger partial charge in [-0.05, 0) is 23.8 Å². The predicted molar refractivity (Wildman–Crippen MR) is 87.2 cm³/mol. The number of hydrogen-bond donors (Lipinski definition) is 2. The van der Waals surface area contributed by atoms with E-state index in [2.05, 4.69) is 15.1 Å². The van der Waals surface area contributed by atoms with E-state index in [0.29, 0.717) is 0 Å². The fourth-order valence-corrected chi connectivity index (χ4v) is 3.29. The number of nitrogens with two attached hydrogens (primary N) is 1. The topological polar surface area (TPSA) is 107 Å². The number of pyridine rings is 1. The fraction of sp³-hybridized carbons (Fsp3) is 0.0667. The van der Waals surface area contributed by atoms with Gasteiger partial charge in [-0.25, -0.2) is 18.5 Å². The Morgan fingerprint density at radius 3 is 2.83 bits per heavy atom. The molecule has 0 fully saturated rings. The van der Waals surface area contributed by atoms with Gasteiger partial charge in [-0.3, -0.25) is 4.68 Å². The van der Waals surface area contributed by atoms with Gasteiger partial charge >= 0.3 is 0 Å². The van der Waals surface area contributed by atoms with Crippen molar-refractivity contribution in [3.05, 3.63) is 42.7 Å². The Balaban J connectivity index is 1.96. The maximum atomic E-state index is 11.5. The van der Waals surface area contributed by atoms with Crippen molar-refractivity contribution in [2.24, 2.45) is 12.2 Å². The lowest BCUT2D eigenvalue weighted by Gasteiger charge is -2.01. The van der Waals surface area contributed by atoms with Gasteiger partial charge in [0.05, 0.1) is 16.6 Å². The van der Waals surface area contributed by atoms with Gasteiger partial charge in [-0.2, -0.15) is 5.10 Å². The van der Waals surface area contributed by atoms with Gasteiger partial charge < -0.3 is 4.98 Å². The van der Waals surface area contributed by atoms with Gasteiger partial charge in [0, 0.05) is 29.7 Å². The molecule has 0 spiro atoms. The standard InChI is InChI=1S/C15H13N5O2S/c1-20-14-10(8-18-20)7-17-15-12(14)6-13(19-15)9-3-2-4-11(5-9)23(16,21)22/h2-8H,1H3,(H,17,19)(H2,16,21,22). The van der Waals surface area contributed by atoms with Crippen LogP contribution in [0.25, 0.3) is 33.2 Å². The van der Waals surface area contributed by atoms with Crippen molar-refractivity contribution in [3.8, 4) is 11.3 Å². The molecule has 3 aromatic heterocycles. The van der Waals surface area contributed by atoms with Gasteiger partial charge in [0.15, 0.2) is 0 Å². The van der Waals surface area contributed by atoms with Crippen LogP contribution in [-0.2, 0) is 17.1 Å². The lowest BCUT2D eigenvalue weighted by atomic mass is 10.1. The summed E-state index contributed by atoms with van der Waals surface area (Å²) in [5, 5.41) is 11.3.